The Bertz CT molecular complexity index is 1270. The van der Waals surface area contributed by atoms with Crippen molar-refractivity contribution in [1.29, 1.82) is 0 Å². The number of ketones is 1. The highest BCUT2D eigenvalue weighted by Gasteiger charge is 2.53. The van der Waals surface area contributed by atoms with E-state index in [0.717, 1.165) is 15.6 Å². The van der Waals surface area contributed by atoms with Crippen LogP contribution in [0.2, 0.25) is 0 Å². The molecule has 0 amide bonds. The molecule has 1 unspecified atom stereocenters. The first-order chi connectivity index (χ1) is 17.8. The molecule has 0 spiro atoms. The standard InChI is InChI=1S/C29H30BrNO6/c1-5-36-28(33)23-16(3)31-22-15-21(18-8-7-9-20(14-18)35-4)25(29(34)37-6-2)27(32)26(22)24(23)17-10-12-19(30)13-11-17/h7-14,21,24-26H,5-6,15H2,1-4H3/t21-,24+,25+,26?/m0/s1. The van der Waals surface area contributed by atoms with Crippen LogP contribution in [0.1, 0.15) is 50.2 Å². The normalized spacial score (nSPS) is 23.2. The molecule has 2 aromatic rings. The summed E-state index contributed by atoms with van der Waals surface area (Å²) in [5.41, 5.74) is 3.08. The van der Waals surface area contributed by atoms with Crippen LogP contribution in [0.15, 0.2) is 69.3 Å². The lowest BCUT2D eigenvalue weighted by atomic mass is 9.62. The van der Waals surface area contributed by atoms with Gasteiger partial charge >= 0.3 is 11.9 Å². The molecule has 1 fully saturated rings. The lowest BCUT2D eigenvalue weighted by molar-refractivity contribution is -0.153. The van der Waals surface area contributed by atoms with Crippen LogP contribution in [-0.2, 0) is 23.9 Å². The highest BCUT2D eigenvalue weighted by Crippen LogP contribution is 2.48. The summed E-state index contributed by atoms with van der Waals surface area (Å²) in [6.45, 7) is 5.57. The molecule has 0 bridgehead atoms. The third-order valence-electron chi connectivity index (χ3n) is 6.94. The fraction of sp³-hybridized carbons (Fsp3) is 0.379. The average molecular weight is 568 g/mol. The van der Waals surface area contributed by atoms with Crippen molar-refractivity contribution in [2.45, 2.75) is 39.0 Å². The Balaban J connectivity index is 1.89. The number of rotatable bonds is 7. The van der Waals surface area contributed by atoms with Crippen molar-refractivity contribution < 1.29 is 28.6 Å². The maximum absolute atomic E-state index is 14.3. The zero-order valence-corrected chi connectivity index (χ0v) is 22.9. The SMILES string of the molecule is CCOC(=O)C1=C(C)N=C2C[C@@H](c3cccc(OC)c3)[C@@H](C(=O)OCC)C(=O)C2[C@@H]1c1ccc(Br)cc1. The van der Waals surface area contributed by atoms with Crippen LogP contribution in [0.25, 0.3) is 0 Å². The van der Waals surface area contributed by atoms with E-state index in [1.54, 1.807) is 27.9 Å². The van der Waals surface area contributed by atoms with Gasteiger partial charge in [0, 0.05) is 27.7 Å². The van der Waals surface area contributed by atoms with Gasteiger partial charge in [-0.05, 0) is 62.6 Å². The highest BCUT2D eigenvalue weighted by molar-refractivity contribution is 9.10. The van der Waals surface area contributed by atoms with Gasteiger partial charge in [-0.3, -0.25) is 14.6 Å². The van der Waals surface area contributed by atoms with E-state index >= 15 is 0 Å². The number of hydrogen-bond acceptors (Lipinski definition) is 7. The van der Waals surface area contributed by atoms with Crippen molar-refractivity contribution in [2.75, 3.05) is 20.3 Å². The van der Waals surface area contributed by atoms with Crippen LogP contribution in [-0.4, -0.2) is 43.8 Å². The summed E-state index contributed by atoms with van der Waals surface area (Å²) in [5.74, 6) is -3.69. The van der Waals surface area contributed by atoms with Crippen molar-refractivity contribution in [3.8, 4) is 5.75 Å². The number of carbonyl (C=O) groups is 3. The molecule has 1 saturated carbocycles. The first-order valence-electron chi connectivity index (χ1n) is 12.4. The molecule has 1 aliphatic heterocycles. The fourth-order valence-corrected chi connectivity index (χ4v) is 5.64. The number of nitrogens with zero attached hydrogens (tertiary/aromatic N) is 1. The maximum Gasteiger partial charge on any atom is 0.336 e. The van der Waals surface area contributed by atoms with E-state index in [0.29, 0.717) is 29.2 Å². The zero-order valence-electron chi connectivity index (χ0n) is 21.3. The van der Waals surface area contributed by atoms with Gasteiger partial charge in [0.1, 0.15) is 11.7 Å². The molecule has 0 aromatic heterocycles. The molecule has 0 radical (unpaired) electrons. The Labute approximate surface area is 225 Å². The van der Waals surface area contributed by atoms with Crippen molar-refractivity contribution >= 4 is 39.4 Å². The minimum absolute atomic E-state index is 0.155. The molecule has 2 aliphatic rings. The molecule has 0 N–H and O–H groups in total. The number of methoxy groups -OCH3 is 1. The van der Waals surface area contributed by atoms with Crippen LogP contribution < -0.4 is 4.74 Å². The first kappa shape index (κ1) is 26.8. The lowest BCUT2D eigenvalue weighted by Crippen LogP contribution is -2.48. The zero-order chi connectivity index (χ0) is 26.7. The van der Waals surface area contributed by atoms with Gasteiger partial charge in [-0.2, -0.15) is 0 Å². The number of halogens is 1. The van der Waals surface area contributed by atoms with Crippen molar-refractivity contribution in [1.82, 2.24) is 0 Å². The number of allylic oxidation sites excluding steroid dienone is 1. The monoisotopic (exact) mass is 567 g/mol. The Kier molecular flexibility index (Phi) is 8.27. The molecule has 8 heteroatoms. The average Bonchev–Trinajstić information content (AvgIpc) is 2.88. The van der Waals surface area contributed by atoms with Crippen LogP contribution in [0.4, 0.5) is 0 Å². The summed E-state index contributed by atoms with van der Waals surface area (Å²) in [6, 6.07) is 14.9. The van der Waals surface area contributed by atoms with Crippen LogP contribution in [0.3, 0.4) is 0 Å². The lowest BCUT2D eigenvalue weighted by Gasteiger charge is -2.41. The Morgan fingerprint density at radius 2 is 1.70 bits per heavy atom. The molecular formula is C29H30BrNO6. The molecule has 2 aromatic carbocycles. The van der Waals surface area contributed by atoms with Gasteiger partial charge < -0.3 is 14.2 Å². The molecule has 4 rings (SSSR count). The van der Waals surface area contributed by atoms with Gasteiger partial charge in [0.25, 0.3) is 0 Å². The summed E-state index contributed by atoms with van der Waals surface area (Å²) in [5, 5.41) is 0. The summed E-state index contributed by atoms with van der Waals surface area (Å²) in [7, 11) is 1.57. The second-order valence-corrected chi connectivity index (χ2v) is 9.96. The number of benzene rings is 2. The number of Topliss-reactive ketones (excluding diaryl/α,β-unsaturated/α-hetero) is 1. The smallest absolute Gasteiger partial charge is 0.336 e. The molecular weight excluding hydrogens is 538 g/mol. The molecule has 7 nitrogen and oxygen atoms in total. The summed E-state index contributed by atoms with van der Waals surface area (Å²) >= 11 is 3.46. The molecule has 0 saturated heterocycles. The summed E-state index contributed by atoms with van der Waals surface area (Å²) in [6.07, 6.45) is 0.369. The topological polar surface area (TPSA) is 91.3 Å². The fourth-order valence-electron chi connectivity index (χ4n) is 5.37. The summed E-state index contributed by atoms with van der Waals surface area (Å²) < 4.78 is 17.0. The first-order valence-corrected chi connectivity index (χ1v) is 13.1. The van der Waals surface area contributed by atoms with E-state index in [2.05, 4.69) is 15.9 Å². The quantitative estimate of drug-likeness (QED) is 0.329. The molecule has 1 aliphatic carbocycles. The third-order valence-corrected chi connectivity index (χ3v) is 7.46. The van der Waals surface area contributed by atoms with E-state index < -0.39 is 35.6 Å². The predicted molar refractivity (Wildman–Crippen MR) is 143 cm³/mol. The third kappa shape index (κ3) is 5.25. The highest BCUT2D eigenvalue weighted by atomic mass is 79.9. The minimum atomic E-state index is -1.05. The number of hydrogen-bond donors (Lipinski definition) is 0. The van der Waals surface area contributed by atoms with E-state index in [1.807, 2.05) is 48.5 Å². The number of carbonyl (C=O) groups excluding carboxylic acids is 3. The minimum Gasteiger partial charge on any atom is -0.497 e. The number of esters is 2. The number of fused-ring (bicyclic) bond motifs is 1. The van der Waals surface area contributed by atoms with Gasteiger partial charge in [-0.1, -0.05) is 40.2 Å². The molecule has 1 heterocycles. The maximum atomic E-state index is 14.3. The second kappa shape index (κ2) is 11.4. The second-order valence-electron chi connectivity index (χ2n) is 9.05. The van der Waals surface area contributed by atoms with Gasteiger partial charge in [-0.25, -0.2) is 4.79 Å². The van der Waals surface area contributed by atoms with Crippen molar-refractivity contribution in [3.63, 3.8) is 0 Å². The van der Waals surface area contributed by atoms with Crippen LogP contribution in [0.5, 0.6) is 5.75 Å². The Morgan fingerprint density at radius 1 is 1.00 bits per heavy atom. The van der Waals surface area contributed by atoms with Gasteiger partial charge in [0.15, 0.2) is 5.78 Å². The molecule has 4 atom stereocenters. The van der Waals surface area contributed by atoms with Gasteiger partial charge in [0.2, 0.25) is 0 Å². The molecule has 37 heavy (non-hydrogen) atoms. The summed E-state index contributed by atoms with van der Waals surface area (Å²) in [4.78, 5) is 45.5. The number of aliphatic imine (C=N–C) groups is 1. The molecule has 194 valence electrons. The van der Waals surface area contributed by atoms with E-state index in [9.17, 15) is 14.4 Å². The van der Waals surface area contributed by atoms with Crippen molar-refractivity contribution in [2.24, 2.45) is 16.8 Å². The van der Waals surface area contributed by atoms with E-state index in [-0.39, 0.29) is 19.0 Å². The van der Waals surface area contributed by atoms with Gasteiger partial charge in [-0.15, -0.1) is 0 Å². The Morgan fingerprint density at radius 3 is 2.35 bits per heavy atom. The predicted octanol–water partition coefficient (Wildman–Crippen LogP) is 5.39. The largest absolute Gasteiger partial charge is 0.497 e. The van der Waals surface area contributed by atoms with Crippen molar-refractivity contribution in [3.05, 3.63) is 75.4 Å². The number of ether oxygens (including phenoxy) is 3. The Hall–Kier alpha value is -3.26. The van der Waals surface area contributed by atoms with E-state index in [1.165, 1.54) is 0 Å². The van der Waals surface area contributed by atoms with Crippen LogP contribution in [0, 0.1) is 11.8 Å². The van der Waals surface area contributed by atoms with Gasteiger partial charge in [0.05, 0.1) is 31.8 Å². The van der Waals surface area contributed by atoms with Crippen LogP contribution >= 0.6 is 15.9 Å². The van der Waals surface area contributed by atoms with E-state index in [4.69, 9.17) is 19.2 Å².